The molecule has 0 fully saturated rings. The fourth-order valence-electron chi connectivity index (χ4n) is 0.871. The third kappa shape index (κ3) is 2.21. The maximum absolute atomic E-state index is 11.2. The second-order valence-corrected chi connectivity index (χ2v) is 4.06. The molecule has 7 nitrogen and oxygen atoms in total. The van der Waals surface area contributed by atoms with Gasteiger partial charge < -0.3 is 9.84 Å². The van der Waals surface area contributed by atoms with Gasteiger partial charge in [-0.15, -0.1) is 0 Å². The molecule has 1 N–H and O–H groups in total. The summed E-state index contributed by atoms with van der Waals surface area (Å²) in [7, 11) is -4.21. The minimum atomic E-state index is -4.21. The Balaban J connectivity index is 3.10. The number of carbonyl (C=O) groups excluding carboxylic acids is 1. The van der Waals surface area contributed by atoms with Gasteiger partial charge in [-0.2, -0.15) is 12.8 Å². The molecule has 0 unspecified atom stereocenters. The van der Waals surface area contributed by atoms with Crippen molar-refractivity contribution in [2.45, 2.75) is 6.92 Å². The summed E-state index contributed by atoms with van der Waals surface area (Å²) in [4.78, 5) is 20.8. The zero-order valence-corrected chi connectivity index (χ0v) is 8.44. The van der Waals surface area contributed by atoms with Crippen molar-refractivity contribution >= 4 is 27.7 Å². The predicted molar refractivity (Wildman–Crippen MR) is 48.7 cm³/mol. The molecule has 0 aromatic carbocycles. The lowest BCUT2D eigenvalue weighted by Crippen LogP contribution is -2.12. The van der Waals surface area contributed by atoms with Crippen LogP contribution in [0.3, 0.4) is 0 Å². The molecule has 8 heteroatoms. The van der Waals surface area contributed by atoms with E-state index in [9.17, 15) is 18.0 Å². The Morgan fingerprint density at radius 2 is 2.13 bits per heavy atom. The second kappa shape index (κ2) is 3.81. The number of esters is 1. The highest BCUT2D eigenvalue weighted by Crippen LogP contribution is 2.18. The number of rotatable bonds is 3. The summed E-state index contributed by atoms with van der Waals surface area (Å²) < 4.78 is 29.7. The van der Waals surface area contributed by atoms with Crippen molar-refractivity contribution in [2.24, 2.45) is 4.40 Å². The highest BCUT2D eigenvalue weighted by Gasteiger charge is 2.33. The van der Waals surface area contributed by atoms with E-state index in [4.69, 9.17) is 5.11 Å². The highest BCUT2D eigenvalue weighted by molar-refractivity contribution is 7.95. The van der Waals surface area contributed by atoms with Gasteiger partial charge in [0.1, 0.15) is 0 Å². The minimum absolute atomic E-state index is 0.00586. The average molecular weight is 233 g/mol. The van der Waals surface area contributed by atoms with E-state index >= 15 is 0 Å². The summed E-state index contributed by atoms with van der Waals surface area (Å²) in [6.07, 6.45) is 0.676. The van der Waals surface area contributed by atoms with Gasteiger partial charge in [-0.3, -0.25) is 0 Å². The van der Waals surface area contributed by atoms with E-state index in [1.165, 1.54) is 6.92 Å². The number of aliphatic carboxylic acids is 1. The van der Waals surface area contributed by atoms with Gasteiger partial charge in [0.2, 0.25) is 0 Å². The number of hydrogen-bond acceptors (Lipinski definition) is 5. The maximum atomic E-state index is 11.2. The van der Waals surface area contributed by atoms with E-state index in [-0.39, 0.29) is 6.61 Å². The molecule has 0 saturated carbocycles. The van der Waals surface area contributed by atoms with Crippen LogP contribution < -0.4 is 0 Å². The third-order valence-electron chi connectivity index (χ3n) is 1.46. The summed E-state index contributed by atoms with van der Waals surface area (Å²) in [5, 5.41) is 8.48. The van der Waals surface area contributed by atoms with E-state index in [2.05, 4.69) is 9.13 Å². The molecule has 15 heavy (non-hydrogen) atoms. The molecular weight excluding hydrogens is 226 g/mol. The first-order valence-electron chi connectivity index (χ1n) is 3.85. The van der Waals surface area contributed by atoms with Gasteiger partial charge in [0, 0.05) is 6.08 Å². The van der Waals surface area contributed by atoms with Gasteiger partial charge in [-0.25, -0.2) is 9.59 Å². The smallest absolute Gasteiger partial charge is 0.355 e. The number of nitrogens with zero attached hydrogens (tertiary/aromatic N) is 1. The molecule has 0 saturated heterocycles. The molecular formula is C7H7NO6S. The molecule has 0 radical (unpaired) electrons. The Morgan fingerprint density at radius 3 is 2.53 bits per heavy atom. The summed E-state index contributed by atoms with van der Waals surface area (Å²) in [6.45, 7) is 1.49. The van der Waals surface area contributed by atoms with Crippen LogP contribution in [0, 0.1) is 0 Å². The van der Waals surface area contributed by atoms with E-state index in [0.717, 1.165) is 0 Å². The second-order valence-electron chi connectivity index (χ2n) is 2.49. The molecule has 0 bridgehead atoms. The SMILES string of the molecule is CCOC(=O)C1=CC(C(=O)O)=NS1(=O)=O. The number of carboxylic acid groups (broad SMARTS) is 1. The van der Waals surface area contributed by atoms with Crippen LogP contribution in [-0.2, 0) is 24.3 Å². The van der Waals surface area contributed by atoms with Crippen LogP contribution >= 0.6 is 0 Å². The van der Waals surface area contributed by atoms with Crippen molar-refractivity contribution in [1.82, 2.24) is 0 Å². The summed E-state index contributed by atoms with van der Waals surface area (Å²) in [6, 6.07) is 0. The number of hydrogen-bond donors (Lipinski definition) is 1. The third-order valence-corrected chi connectivity index (χ3v) is 2.74. The zero-order chi connectivity index (χ0) is 11.6. The van der Waals surface area contributed by atoms with E-state index < -0.39 is 32.6 Å². The Hall–Kier alpha value is -1.70. The topological polar surface area (TPSA) is 110 Å². The van der Waals surface area contributed by atoms with Crippen molar-refractivity contribution < 1.29 is 27.9 Å². The van der Waals surface area contributed by atoms with Crippen molar-refractivity contribution in [2.75, 3.05) is 6.61 Å². The van der Waals surface area contributed by atoms with E-state index in [1.54, 1.807) is 0 Å². The van der Waals surface area contributed by atoms with Crippen LogP contribution in [0.2, 0.25) is 0 Å². The summed E-state index contributed by atoms with van der Waals surface area (Å²) >= 11 is 0. The number of carboxylic acids is 1. The Morgan fingerprint density at radius 1 is 1.53 bits per heavy atom. The first-order valence-corrected chi connectivity index (χ1v) is 5.29. The molecule has 0 atom stereocenters. The Bertz CT molecular complexity index is 472. The molecule has 0 spiro atoms. The van der Waals surface area contributed by atoms with E-state index in [0.29, 0.717) is 6.08 Å². The highest BCUT2D eigenvalue weighted by atomic mass is 32.2. The van der Waals surface area contributed by atoms with Crippen molar-refractivity contribution in [3.63, 3.8) is 0 Å². The lowest BCUT2D eigenvalue weighted by Gasteiger charge is -1.99. The molecule has 0 amide bonds. The maximum Gasteiger partial charge on any atom is 0.355 e. The molecule has 1 rings (SSSR count). The number of sulfonamides is 1. The van der Waals surface area contributed by atoms with Gasteiger partial charge in [0.15, 0.2) is 10.6 Å². The largest absolute Gasteiger partial charge is 0.476 e. The monoisotopic (exact) mass is 233 g/mol. The van der Waals surface area contributed by atoms with Gasteiger partial charge in [0.25, 0.3) is 10.0 Å². The van der Waals surface area contributed by atoms with Crippen LogP contribution in [0.4, 0.5) is 0 Å². The van der Waals surface area contributed by atoms with Crippen LogP contribution in [0.5, 0.6) is 0 Å². The predicted octanol–water partition coefficient (Wildman–Crippen LogP) is -0.698. The number of carbonyl (C=O) groups is 2. The van der Waals surface area contributed by atoms with Gasteiger partial charge >= 0.3 is 11.9 Å². The van der Waals surface area contributed by atoms with Crippen LogP contribution in [-0.4, -0.2) is 37.8 Å². The Kier molecular flexibility index (Phi) is 2.89. The lowest BCUT2D eigenvalue weighted by atomic mass is 10.3. The minimum Gasteiger partial charge on any atom is -0.476 e. The summed E-state index contributed by atoms with van der Waals surface area (Å²) in [5.41, 5.74) is -0.696. The number of ether oxygens (including phenoxy) is 1. The molecule has 1 heterocycles. The molecule has 1 aliphatic heterocycles. The standard InChI is InChI=1S/C7H7NO6S/c1-2-14-7(11)5-3-4(6(9)10)8-15(5,12)13/h3H,2H2,1H3,(H,9,10). The summed E-state index contributed by atoms with van der Waals surface area (Å²) in [5.74, 6) is -2.62. The van der Waals surface area contributed by atoms with Crippen molar-refractivity contribution in [1.29, 1.82) is 0 Å². The zero-order valence-electron chi connectivity index (χ0n) is 7.63. The average Bonchev–Trinajstić information content (AvgIpc) is 2.42. The normalized spacial score (nSPS) is 17.9. The molecule has 0 aliphatic carbocycles. The van der Waals surface area contributed by atoms with Crippen molar-refractivity contribution in [3.05, 3.63) is 11.0 Å². The molecule has 0 aromatic heterocycles. The molecule has 82 valence electrons. The lowest BCUT2D eigenvalue weighted by molar-refractivity contribution is -0.137. The molecule has 0 aromatic rings. The van der Waals surface area contributed by atoms with Gasteiger partial charge in [0.05, 0.1) is 6.61 Å². The van der Waals surface area contributed by atoms with Gasteiger partial charge in [-0.1, -0.05) is 0 Å². The Labute approximate surface area is 85.1 Å². The van der Waals surface area contributed by atoms with E-state index in [1.807, 2.05) is 0 Å². The fraction of sp³-hybridized carbons (Fsp3) is 0.286. The first-order chi connectivity index (χ1) is 6.88. The quantitative estimate of drug-likeness (QED) is 0.645. The van der Waals surface area contributed by atoms with Crippen LogP contribution in [0.1, 0.15) is 6.92 Å². The first kappa shape index (κ1) is 11.4. The van der Waals surface area contributed by atoms with Crippen LogP contribution in [0.15, 0.2) is 15.4 Å². The van der Waals surface area contributed by atoms with Crippen molar-refractivity contribution in [3.8, 4) is 0 Å². The van der Waals surface area contributed by atoms with Gasteiger partial charge in [-0.05, 0) is 6.92 Å². The van der Waals surface area contributed by atoms with Crippen LogP contribution in [0.25, 0.3) is 0 Å². The molecule has 1 aliphatic rings. The fourth-order valence-corrected chi connectivity index (χ4v) is 1.89.